The monoisotopic (exact) mass is 260 g/mol. The second kappa shape index (κ2) is 5.13. The molecule has 7 nitrogen and oxygen atoms in total. The quantitative estimate of drug-likeness (QED) is 0.628. The molecule has 2 N–H and O–H groups in total. The lowest BCUT2D eigenvalue weighted by molar-refractivity contribution is 0.0688. The highest BCUT2D eigenvalue weighted by Gasteiger charge is 2.15. The summed E-state index contributed by atoms with van der Waals surface area (Å²) in [5, 5.41) is 17.8. The minimum Gasteiger partial charge on any atom is -0.508 e. The number of carboxylic acids is 1. The van der Waals surface area contributed by atoms with Crippen LogP contribution in [-0.4, -0.2) is 32.1 Å². The van der Waals surface area contributed by atoms with Gasteiger partial charge in [-0.1, -0.05) is 0 Å². The summed E-state index contributed by atoms with van der Waals surface area (Å²) in [4.78, 5) is 29.6. The largest absolute Gasteiger partial charge is 0.508 e. The van der Waals surface area contributed by atoms with Gasteiger partial charge in [0.2, 0.25) is 5.82 Å². The van der Waals surface area contributed by atoms with Crippen molar-refractivity contribution in [3.63, 3.8) is 0 Å². The molecule has 0 amide bonds. The summed E-state index contributed by atoms with van der Waals surface area (Å²) in [6, 6.07) is 6.62. The molecule has 96 valence electrons. The van der Waals surface area contributed by atoms with Crippen molar-refractivity contribution in [2.45, 2.75) is 0 Å². The van der Waals surface area contributed by atoms with E-state index in [9.17, 15) is 9.59 Å². The van der Waals surface area contributed by atoms with Gasteiger partial charge < -0.3 is 14.9 Å². The van der Waals surface area contributed by atoms with Gasteiger partial charge in [0, 0.05) is 6.20 Å². The Morgan fingerprint density at radius 2 is 1.79 bits per heavy atom. The van der Waals surface area contributed by atoms with Crippen molar-refractivity contribution in [3.8, 4) is 11.5 Å². The topological polar surface area (TPSA) is 110 Å². The Balaban J connectivity index is 2.18. The Kier molecular flexibility index (Phi) is 3.37. The lowest BCUT2D eigenvalue weighted by atomic mass is 10.3. The van der Waals surface area contributed by atoms with Crippen LogP contribution in [-0.2, 0) is 0 Å². The van der Waals surface area contributed by atoms with E-state index in [0.29, 0.717) is 0 Å². The number of phenolic OH excluding ortho intramolecular Hbond substituents is 1. The second-order valence-electron chi connectivity index (χ2n) is 3.45. The summed E-state index contributed by atoms with van der Waals surface area (Å²) < 4.78 is 4.92. The molecular formula is C12H8N2O5. The number of ether oxygens (including phenoxy) is 1. The minimum absolute atomic E-state index is 0.0314. The van der Waals surface area contributed by atoms with E-state index in [1.807, 2.05) is 0 Å². The predicted octanol–water partition coefficient (Wildman–Crippen LogP) is 1.10. The van der Waals surface area contributed by atoms with Gasteiger partial charge in [0.25, 0.3) is 0 Å². The van der Waals surface area contributed by atoms with Crippen LogP contribution in [0.5, 0.6) is 11.5 Å². The number of aromatic hydroxyl groups is 1. The number of aromatic carboxylic acids is 1. The minimum atomic E-state index is -1.26. The van der Waals surface area contributed by atoms with Gasteiger partial charge in [-0.05, 0) is 30.3 Å². The first-order chi connectivity index (χ1) is 9.06. The van der Waals surface area contributed by atoms with Crippen molar-refractivity contribution < 1.29 is 24.5 Å². The van der Waals surface area contributed by atoms with Crippen molar-refractivity contribution in [1.82, 2.24) is 9.97 Å². The lowest BCUT2D eigenvalue weighted by Crippen LogP contribution is -2.15. The van der Waals surface area contributed by atoms with Crippen LogP contribution in [0.25, 0.3) is 0 Å². The fraction of sp³-hybridized carbons (Fsp3) is 0. The first-order valence-corrected chi connectivity index (χ1v) is 5.14. The van der Waals surface area contributed by atoms with E-state index in [1.54, 1.807) is 0 Å². The first kappa shape index (κ1) is 12.5. The maximum absolute atomic E-state index is 11.7. The van der Waals surface area contributed by atoms with E-state index in [1.165, 1.54) is 30.3 Å². The maximum Gasteiger partial charge on any atom is 0.381 e. The van der Waals surface area contributed by atoms with Crippen LogP contribution in [0.4, 0.5) is 0 Å². The smallest absolute Gasteiger partial charge is 0.381 e. The van der Waals surface area contributed by atoms with Crippen LogP contribution in [0.15, 0.2) is 36.5 Å². The van der Waals surface area contributed by atoms with Crippen molar-refractivity contribution in [2.24, 2.45) is 0 Å². The number of rotatable bonds is 3. The third-order valence-electron chi connectivity index (χ3n) is 2.10. The van der Waals surface area contributed by atoms with Gasteiger partial charge >= 0.3 is 11.9 Å². The maximum atomic E-state index is 11.7. The molecule has 2 aromatic rings. The van der Waals surface area contributed by atoms with Crippen LogP contribution in [0, 0.1) is 0 Å². The number of benzene rings is 1. The molecule has 0 saturated carbocycles. The van der Waals surface area contributed by atoms with Crippen molar-refractivity contribution in [1.29, 1.82) is 0 Å². The zero-order valence-electron chi connectivity index (χ0n) is 9.48. The van der Waals surface area contributed by atoms with Gasteiger partial charge in [-0.2, -0.15) is 0 Å². The van der Waals surface area contributed by atoms with E-state index in [-0.39, 0.29) is 23.0 Å². The molecule has 1 heterocycles. The van der Waals surface area contributed by atoms with E-state index < -0.39 is 11.9 Å². The predicted molar refractivity (Wildman–Crippen MR) is 62.1 cm³/mol. The number of phenols is 1. The summed E-state index contributed by atoms with van der Waals surface area (Å²) in [5.41, 5.74) is -0.298. The number of hydrogen-bond donors (Lipinski definition) is 2. The molecular weight excluding hydrogens is 252 g/mol. The molecule has 0 atom stereocenters. The number of carbonyl (C=O) groups is 2. The zero-order chi connectivity index (χ0) is 13.8. The number of esters is 1. The normalized spacial score (nSPS) is 9.89. The van der Waals surface area contributed by atoms with Crippen molar-refractivity contribution >= 4 is 11.9 Å². The Morgan fingerprint density at radius 3 is 2.42 bits per heavy atom. The molecule has 2 rings (SSSR count). The number of nitrogens with zero attached hydrogens (tertiary/aromatic N) is 2. The van der Waals surface area contributed by atoms with Gasteiger partial charge in [0.05, 0.1) is 0 Å². The summed E-state index contributed by atoms with van der Waals surface area (Å²) in [5.74, 6) is -2.28. The Bertz CT molecular complexity index is 624. The molecule has 7 heteroatoms. The van der Waals surface area contributed by atoms with Gasteiger partial charge in [-0.15, -0.1) is 0 Å². The molecule has 0 spiro atoms. The molecule has 0 radical (unpaired) electrons. The SMILES string of the molecule is O=C(O)c1ccnc(C(=O)Oc2ccc(O)cc2)n1. The van der Waals surface area contributed by atoms with E-state index in [0.717, 1.165) is 6.20 Å². The Hall–Kier alpha value is -2.96. The highest BCUT2D eigenvalue weighted by molar-refractivity contribution is 5.90. The van der Waals surface area contributed by atoms with Crippen LogP contribution in [0.3, 0.4) is 0 Å². The van der Waals surface area contributed by atoms with E-state index in [2.05, 4.69) is 9.97 Å². The summed E-state index contributed by atoms with van der Waals surface area (Å²) >= 11 is 0. The van der Waals surface area contributed by atoms with Crippen molar-refractivity contribution in [3.05, 3.63) is 48.0 Å². The Labute approximate surface area is 107 Å². The number of carboxylic acid groups (broad SMARTS) is 1. The second-order valence-corrected chi connectivity index (χ2v) is 3.45. The van der Waals surface area contributed by atoms with Crippen LogP contribution >= 0.6 is 0 Å². The molecule has 0 unspecified atom stereocenters. The lowest BCUT2D eigenvalue weighted by Gasteiger charge is -2.03. The average Bonchev–Trinajstić information content (AvgIpc) is 2.41. The molecule has 0 aliphatic rings. The number of hydrogen-bond acceptors (Lipinski definition) is 6. The van der Waals surface area contributed by atoms with Gasteiger partial charge in [0.15, 0.2) is 5.69 Å². The summed E-state index contributed by atoms with van der Waals surface area (Å²) in [7, 11) is 0. The molecule has 0 bridgehead atoms. The molecule has 0 saturated heterocycles. The fourth-order valence-corrected chi connectivity index (χ4v) is 1.24. The van der Waals surface area contributed by atoms with Crippen molar-refractivity contribution in [2.75, 3.05) is 0 Å². The Morgan fingerprint density at radius 1 is 1.11 bits per heavy atom. The van der Waals surface area contributed by atoms with Crippen LogP contribution in [0.1, 0.15) is 21.1 Å². The zero-order valence-corrected chi connectivity index (χ0v) is 9.48. The van der Waals surface area contributed by atoms with E-state index in [4.69, 9.17) is 14.9 Å². The molecule has 1 aromatic carbocycles. The number of aromatic nitrogens is 2. The van der Waals surface area contributed by atoms with Crippen LogP contribution < -0.4 is 4.74 Å². The third-order valence-corrected chi connectivity index (χ3v) is 2.10. The van der Waals surface area contributed by atoms with Gasteiger partial charge in [-0.25, -0.2) is 19.6 Å². The molecule has 0 aliphatic heterocycles. The summed E-state index contributed by atoms with van der Waals surface area (Å²) in [6.07, 6.45) is 1.16. The molecule has 19 heavy (non-hydrogen) atoms. The summed E-state index contributed by atoms with van der Waals surface area (Å²) in [6.45, 7) is 0. The van der Waals surface area contributed by atoms with E-state index >= 15 is 0 Å². The number of carbonyl (C=O) groups excluding carboxylic acids is 1. The highest BCUT2D eigenvalue weighted by Crippen LogP contribution is 2.16. The first-order valence-electron chi connectivity index (χ1n) is 5.14. The molecule has 1 aromatic heterocycles. The van der Waals surface area contributed by atoms with Gasteiger partial charge in [-0.3, -0.25) is 0 Å². The third kappa shape index (κ3) is 3.03. The standard InChI is InChI=1S/C12H8N2O5/c15-7-1-3-8(4-2-7)19-12(18)10-13-6-5-9(14-10)11(16)17/h1-6,15H,(H,16,17). The molecule has 0 fully saturated rings. The molecule has 0 aliphatic carbocycles. The fourth-order valence-electron chi connectivity index (χ4n) is 1.24. The average molecular weight is 260 g/mol. The highest BCUT2D eigenvalue weighted by atomic mass is 16.5. The van der Waals surface area contributed by atoms with Gasteiger partial charge in [0.1, 0.15) is 11.5 Å². The van der Waals surface area contributed by atoms with Crippen LogP contribution in [0.2, 0.25) is 0 Å².